The van der Waals surface area contributed by atoms with Gasteiger partial charge in [0.25, 0.3) is 8.32 Å². The number of hydrogen-bond donors (Lipinski definition) is 0. The van der Waals surface area contributed by atoms with Crippen LogP contribution < -0.4 is 10.4 Å². The summed E-state index contributed by atoms with van der Waals surface area (Å²) in [6, 6.07) is 21.6. The molecule has 0 unspecified atom stereocenters. The molecule has 0 N–H and O–H groups in total. The van der Waals surface area contributed by atoms with Crippen molar-refractivity contribution in [1.82, 2.24) is 0 Å². The van der Waals surface area contributed by atoms with Crippen molar-refractivity contribution >= 4 is 18.7 Å². The third-order valence-corrected chi connectivity index (χ3v) is 13.6. The van der Waals surface area contributed by atoms with E-state index in [1.54, 1.807) is 0 Å². The van der Waals surface area contributed by atoms with E-state index in [0.29, 0.717) is 24.4 Å². The molecule has 4 atom stereocenters. The molecular formula is C31H42O2Si. The van der Waals surface area contributed by atoms with Crippen LogP contribution in [0.2, 0.25) is 5.04 Å². The van der Waals surface area contributed by atoms with Crippen LogP contribution in [0.25, 0.3) is 0 Å². The third-order valence-electron chi connectivity index (χ3n) is 8.58. The van der Waals surface area contributed by atoms with Gasteiger partial charge >= 0.3 is 0 Å². The minimum absolute atomic E-state index is 0.0226. The topological polar surface area (TPSA) is 18.5 Å². The Morgan fingerprint density at radius 3 is 2.06 bits per heavy atom. The molecular weight excluding hydrogens is 432 g/mol. The van der Waals surface area contributed by atoms with Gasteiger partial charge in [-0.25, -0.2) is 0 Å². The first-order valence-electron chi connectivity index (χ1n) is 12.8. The van der Waals surface area contributed by atoms with Gasteiger partial charge in [0, 0.05) is 11.3 Å². The summed E-state index contributed by atoms with van der Waals surface area (Å²) in [5.41, 5.74) is 1.09. The predicted molar refractivity (Wildman–Crippen MR) is 146 cm³/mol. The van der Waals surface area contributed by atoms with Crippen molar-refractivity contribution in [3.63, 3.8) is 0 Å². The van der Waals surface area contributed by atoms with Crippen LogP contribution in [0.4, 0.5) is 0 Å². The molecule has 3 heteroatoms. The van der Waals surface area contributed by atoms with Crippen LogP contribution in [0.3, 0.4) is 0 Å². The van der Waals surface area contributed by atoms with Crippen molar-refractivity contribution in [2.24, 2.45) is 23.2 Å². The molecule has 2 aromatic rings. The SMILES string of the molecule is C=C(CO[Si](c1ccccc1)(c1ccccc1)C(C)(C)C)[C@H]1OC(=C)[C@]2(C)CC[C@@H](C(C)C)[C@H]12. The van der Waals surface area contributed by atoms with Gasteiger partial charge in [0.1, 0.15) is 6.10 Å². The lowest BCUT2D eigenvalue weighted by Crippen LogP contribution is -2.66. The second-order valence-electron chi connectivity index (χ2n) is 12.0. The zero-order valence-electron chi connectivity index (χ0n) is 21.9. The maximum absolute atomic E-state index is 7.18. The number of benzene rings is 2. The summed E-state index contributed by atoms with van der Waals surface area (Å²) in [5.74, 6) is 2.61. The van der Waals surface area contributed by atoms with Crippen molar-refractivity contribution in [2.75, 3.05) is 6.61 Å². The highest BCUT2D eigenvalue weighted by Gasteiger charge is 2.58. The van der Waals surface area contributed by atoms with Crippen LogP contribution in [0.1, 0.15) is 54.4 Å². The summed E-state index contributed by atoms with van der Waals surface area (Å²) in [4.78, 5) is 0. The predicted octanol–water partition coefficient (Wildman–Crippen LogP) is 6.72. The highest BCUT2D eigenvalue weighted by Crippen LogP contribution is 2.61. The first-order chi connectivity index (χ1) is 16.0. The van der Waals surface area contributed by atoms with Crippen LogP contribution in [0, 0.1) is 23.2 Å². The van der Waals surface area contributed by atoms with E-state index in [2.05, 4.69) is 115 Å². The minimum atomic E-state index is -2.61. The van der Waals surface area contributed by atoms with Gasteiger partial charge in [0.05, 0.1) is 12.4 Å². The normalized spacial score (nSPS) is 27.0. The molecule has 4 rings (SSSR count). The lowest BCUT2D eigenvalue weighted by atomic mass is 9.71. The van der Waals surface area contributed by atoms with Crippen LogP contribution in [0.15, 0.2) is 85.2 Å². The van der Waals surface area contributed by atoms with E-state index in [1.807, 2.05) is 0 Å². The maximum Gasteiger partial charge on any atom is 0.261 e. The number of allylic oxidation sites excluding steroid dienone is 1. The quantitative estimate of drug-likeness (QED) is 0.327. The first kappa shape index (κ1) is 25.0. The zero-order chi connectivity index (χ0) is 24.7. The van der Waals surface area contributed by atoms with E-state index >= 15 is 0 Å². The van der Waals surface area contributed by atoms with E-state index in [1.165, 1.54) is 16.8 Å². The van der Waals surface area contributed by atoms with Gasteiger partial charge < -0.3 is 9.16 Å². The Kier molecular flexibility index (Phi) is 6.74. The molecule has 1 aliphatic carbocycles. The van der Waals surface area contributed by atoms with Gasteiger partial charge in [-0.1, -0.05) is 115 Å². The van der Waals surface area contributed by atoms with Gasteiger partial charge in [0.2, 0.25) is 0 Å². The standard InChI is InChI=1S/C31H42O2Si/c1-22(2)27-19-20-31(8)24(4)33-29(28(27)31)23(3)21-32-34(30(5,6)7,25-15-11-9-12-16-25)26-17-13-10-14-18-26/h9-18,22,27-29H,3-4,19-21H2,1-2,5-8H3/t27-,28+,29+,31-/m0/s1. The monoisotopic (exact) mass is 474 g/mol. The Balaban J connectivity index is 1.69. The highest BCUT2D eigenvalue weighted by molar-refractivity contribution is 6.99. The molecule has 2 nitrogen and oxygen atoms in total. The largest absolute Gasteiger partial charge is 0.490 e. The molecule has 2 aromatic carbocycles. The van der Waals surface area contributed by atoms with E-state index in [9.17, 15) is 0 Å². The van der Waals surface area contributed by atoms with Gasteiger partial charge in [-0.2, -0.15) is 0 Å². The Morgan fingerprint density at radius 2 is 1.59 bits per heavy atom. The smallest absolute Gasteiger partial charge is 0.261 e. The summed E-state index contributed by atoms with van der Waals surface area (Å²) in [6.45, 7) is 23.4. The van der Waals surface area contributed by atoms with Gasteiger partial charge in [-0.3, -0.25) is 0 Å². The lowest BCUT2D eigenvalue weighted by Gasteiger charge is -2.43. The maximum atomic E-state index is 7.18. The number of fused-ring (bicyclic) bond motifs is 1. The molecule has 0 spiro atoms. The molecule has 0 bridgehead atoms. The van der Waals surface area contributed by atoms with Crippen LogP contribution in [-0.2, 0) is 9.16 Å². The van der Waals surface area contributed by atoms with E-state index in [-0.39, 0.29) is 16.6 Å². The van der Waals surface area contributed by atoms with Crippen molar-refractivity contribution in [2.45, 2.75) is 65.5 Å². The third kappa shape index (κ3) is 4.01. The van der Waals surface area contributed by atoms with E-state index < -0.39 is 8.32 Å². The molecule has 2 aliphatic rings. The minimum Gasteiger partial charge on any atom is -0.490 e. The van der Waals surface area contributed by atoms with Crippen LogP contribution in [0.5, 0.6) is 0 Å². The Hall–Kier alpha value is -2.10. The van der Waals surface area contributed by atoms with Gasteiger partial charge in [-0.05, 0) is 45.7 Å². The fraction of sp³-hybridized carbons (Fsp3) is 0.484. The summed E-state index contributed by atoms with van der Waals surface area (Å²) in [6.07, 6.45) is 2.37. The number of rotatable bonds is 7. The van der Waals surface area contributed by atoms with Crippen molar-refractivity contribution in [1.29, 1.82) is 0 Å². The Labute approximate surface area is 208 Å². The molecule has 2 fully saturated rings. The molecule has 0 radical (unpaired) electrons. The van der Waals surface area contributed by atoms with Gasteiger partial charge in [0.15, 0.2) is 0 Å². The molecule has 1 saturated carbocycles. The van der Waals surface area contributed by atoms with Crippen LogP contribution in [-0.4, -0.2) is 21.0 Å². The lowest BCUT2D eigenvalue weighted by molar-refractivity contribution is 0.113. The Bertz CT molecular complexity index is 981. The summed E-state index contributed by atoms with van der Waals surface area (Å²) < 4.78 is 13.7. The summed E-state index contributed by atoms with van der Waals surface area (Å²) >= 11 is 0. The second-order valence-corrected chi connectivity index (χ2v) is 16.3. The highest BCUT2D eigenvalue weighted by atomic mass is 28.4. The molecule has 1 saturated heterocycles. The molecule has 0 amide bonds. The number of hydrogen-bond acceptors (Lipinski definition) is 2. The van der Waals surface area contributed by atoms with Crippen molar-refractivity contribution in [3.05, 3.63) is 85.2 Å². The summed E-state index contributed by atoms with van der Waals surface area (Å²) in [5, 5.41) is 2.53. The zero-order valence-corrected chi connectivity index (χ0v) is 22.9. The van der Waals surface area contributed by atoms with E-state index in [4.69, 9.17) is 9.16 Å². The number of ether oxygens (including phenoxy) is 1. The van der Waals surface area contributed by atoms with Crippen molar-refractivity contribution < 1.29 is 9.16 Å². The molecule has 0 aromatic heterocycles. The molecule has 1 aliphatic heterocycles. The fourth-order valence-corrected chi connectivity index (χ4v) is 11.2. The molecule has 1 heterocycles. The average molecular weight is 475 g/mol. The van der Waals surface area contributed by atoms with E-state index in [0.717, 1.165) is 17.8 Å². The summed E-state index contributed by atoms with van der Waals surface area (Å²) in [7, 11) is -2.61. The molecule has 182 valence electrons. The van der Waals surface area contributed by atoms with Gasteiger partial charge in [-0.15, -0.1) is 0 Å². The van der Waals surface area contributed by atoms with Crippen LogP contribution >= 0.6 is 0 Å². The van der Waals surface area contributed by atoms with Crippen molar-refractivity contribution in [3.8, 4) is 0 Å². The first-order valence-corrected chi connectivity index (χ1v) is 14.7. The molecule has 34 heavy (non-hydrogen) atoms. The fourth-order valence-electron chi connectivity index (χ4n) is 6.66. The second kappa shape index (κ2) is 9.16. The Morgan fingerprint density at radius 1 is 1.06 bits per heavy atom. The average Bonchev–Trinajstić information content (AvgIpc) is 3.28.